The Bertz CT molecular complexity index is 2600. The Morgan fingerprint density at radius 3 is 1.52 bits per heavy atom. The first-order valence-corrected chi connectivity index (χ1v) is 20.2. The Kier molecular flexibility index (Phi) is 12.3. The molecule has 14 heteroatoms. The van der Waals surface area contributed by atoms with Crippen molar-refractivity contribution < 1.29 is 18.9 Å². The third kappa shape index (κ3) is 9.65. The first-order chi connectivity index (χ1) is 28.4. The van der Waals surface area contributed by atoms with Crippen LogP contribution in [0.15, 0.2) is 131 Å². The fraction of sp³-hybridized carbons (Fsp3) is 0.182. The van der Waals surface area contributed by atoms with Crippen molar-refractivity contribution >= 4 is 54.2 Å². The smallest absolute Gasteiger partial charge is 0.157 e. The topological polar surface area (TPSA) is 127 Å². The van der Waals surface area contributed by atoms with Crippen LogP contribution in [0.1, 0.15) is 11.1 Å². The van der Waals surface area contributed by atoms with Crippen molar-refractivity contribution in [2.24, 2.45) is 0 Å². The van der Waals surface area contributed by atoms with E-state index >= 15 is 0 Å². The minimum absolute atomic E-state index is 0.446. The second kappa shape index (κ2) is 18.2. The highest BCUT2D eigenvalue weighted by Crippen LogP contribution is 2.26. The number of pyridine rings is 2. The molecule has 0 fully saturated rings. The lowest BCUT2D eigenvalue weighted by atomic mass is 10.2. The maximum atomic E-state index is 6.36. The Morgan fingerprint density at radius 1 is 0.534 bits per heavy atom. The standard InChI is InChI=1S/C44H40Br2N8O4/c1-55-35-12-6-29(7-13-35)27-53(18-20-57-36-14-8-31(9-15-36)41-49-39-23-33(45)25-47-43(39)51-41)54(28-30-4-3-5-38(22-30)56-2)19-21-58-37-16-10-32(11-17-37)42-50-40-24-34(46)26-48-44(40)52-42/h3-17,22-26H,18-21,27-28H2,1-2H3,(H,47,49,51)(H,48,50,52). The summed E-state index contributed by atoms with van der Waals surface area (Å²) in [6, 6.07) is 36.1. The fourth-order valence-electron chi connectivity index (χ4n) is 6.53. The number of aromatic amines is 2. The number of methoxy groups -OCH3 is 2. The molecule has 4 aromatic carbocycles. The maximum absolute atomic E-state index is 6.36. The molecule has 0 saturated carbocycles. The van der Waals surface area contributed by atoms with Crippen LogP contribution in [0, 0.1) is 0 Å². The maximum Gasteiger partial charge on any atom is 0.157 e. The average Bonchev–Trinajstić information content (AvgIpc) is 3.88. The minimum Gasteiger partial charge on any atom is -0.497 e. The van der Waals surface area contributed by atoms with Gasteiger partial charge in [-0.15, -0.1) is 0 Å². The minimum atomic E-state index is 0.446. The van der Waals surface area contributed by atoms with E-state index in [1.165, 1.54) is 0 Å². The quantitative estimate of drug-likeness (QED) is 0.0854. The average molecular weight is 905 g/mol. The van der Waals surface area contributed by atoms with Gasteiger partial charge in [0.1, 0.15) is 58.9 Å². The van der Waals surface area contributed by atoms with Gasteiger partial charge in [0.15, 0.2) is 11.3 Å². The van der Waals surface area contributed by atoms with Crippen LogP contribution in [-0.2, 0) is 13.1 Å². The molecule has 0 aliphatic rings. The highest BCUT2D eigenvalue weighted by Gasteiger charge is 2.19. The van der Waals surface area contributed by atoms with Crippen LogP contribution in [0.4, 0.5) is 0 Å². The van der Waals surface area contributed by atoms with E-state index in [4.69, 9.17) is 28.9 Å². The van der Waals surface area contributed by atoms with Crippen molar-refractivity contribution in [2.75, 3.05) is 40.5 Å². The van der Waals surface area contributed by atoms with Crippen LogP contribution in [0.25, 0.3) is 45.1 Å². The van der Waals surface area contributed by atoms with Gasteiger partial charge in [0.05, 0.1) is 14.2 Å². The molecule has 8 aromatic rings. The summed E-state index contributed by atoms with van der Waals surface area (Å²) in [6.45, 7) is 3.38. The van der Waals surface area contributed by atoms with E-state index in [2.05, 4.69) is 86.1 Å². The third-order valence-corrected chi connectivity index (χ3v) is 10.4. The highest BCUT2D eigenvalue weighted by atomic mass is 79.9. The zero-order valence-electron chi connectivity index (χ0n) is 31.9. The van der Waals surface area contributed by atoms with Crippen LogP contribution in [0.3, 0.4) is 0 Å². The Balaban J connectivity index is 0.976. The number of aromatic nitrogens is 6. The Labute approximate surface area is 352 Å². The summed E-state index contributed by atoms with van der Waals surface area (Å²) in [4.78, 5) is 24.9. The number of imidazole rings is 2. The molecular formula is C44H40Br2N8O4. The SMILES string of the molecule is COc1ccc(CN(CCOc2ccc(-c3nc4cc(Br)cnc4[nH]3)cc2)N(CCOc2ccc(-c3nc4cc(Br)cnc4[nH]3)cc2)Cc2cccc(OC)c2)cc1. The molecule has 0 aliphatic heterocycles. The van der Waals surface area contributed by atoms with Crippen LogP contribution in [-0.4, -0.2) is 80.4 Å². The summed E-state index contributed by atoms with van der Waals surface area (Å²) < 4.78 is 25.5. The predicted octanol–water partition coefficient (Wildman–Crippen LogP) is 9.48. The van der Waals surface area contributed by atoms with Gasteiger partial charge in [-0.3, -0.25) is 0 Å². The number of benzene rings is 4. The van der Waals surface area contributed by atoms with Gasteiger partial charge in [-0.05, 0) is 128 Å². The second-order valence-corrected chi connectivity index (χ2v) is 15.3. The number of hydrazine groups is 1. The monoisotopic (exact) mass is 902 g/mol. The molecule has 294 valence electrons. The molecule has 2 N–H and O–H groups in total. The molecule has 8 rings (SSSR count). The summed E-state index contributed by atoms with van der Waals surface area (Å²) in [5.41, 5.74) is 7.22. The Hall–Kier alpha value is -5.80. The van der Waals surface area contributed by atoms with E-state index in [0.717, 1.165) is 88.2 Å². The number of rotatable bonds is 17. The predicted molar refractivity (Wildman–Crippen MR) is 232 cm³/mol. The number of hydrogen-bond donors (Lipinski definition) is 2. The van der Waals surface area contributed by atoms with Crippen molar-refractivity contribution in [1.29, 1.82) is 0 Å². The number of nitrogens with zero attached hydrogens (tertiary/aromatic N) is 6. The molecule has 58 heavy (non-hydrogen) atoms. The van der Waals surface area contributed by atoms with Crippen molar-refractivity contribution in [1.82, 2.24) is 39.9 Å². The lowest BCUT2D eigenvalue weighted by Crippen LogP contribution is -2.45. The Morgan fingerprint density at radius 2 is 1.02 bits per heavy atom. The van der Waals surface area contributed by atoms with E-state index in [9.17, 15) is 0 Å². The number of H-pyrrole nitrogens is 2. The number of nitrogens with one attached hydrogen (secondary N) is 2. The first-order valence-electron chi connectivity index (χ1n) is 18.6. The zero-order chi connectivity index (χ0) is 39.8. The van der Waals surface area contributed by atoms with Crippen molar-refractivity contribution in [3.8, 4) is 45.8 Å². The highest BCUT2D eigenvalue weighted by molar-refractivity contribution is 9.10. The van der Waals surface area contributed by atoms with E-state index < -0.39 is 0 Å². The third-order valence-electron chi connectivity index (χ3n) is 9.52. The summed E-state index contributed by atoms with van der Waals surface area (Å²) >= 11 is 6.94. The molecule has 0 spiro atoms. The molecule has 4 heterocycles. The van der Waals surface area contributed by atoms with Crippen molar-refractivity contribution in [2.45, 2.75) is 13.1 Å². The number of fused-ring (bicyclic) bond motifs is 2. The van der Waals surface area contributed by atoms with Crippen LogP contribution >= 0.6 is 31.9 Å². The summed E-state index contributed by atoms with van der Waals surface area (Å²) in [7, 11) is 3.37. The van der Waals surface area contributed by atoms with Crippen molar-refractivity contribution in [3.63, 3.8) is 0 Å². The number of halogens is 2. The van der Waals surface area contributed by atoms with Crippen LogP contribution < -0.4 is 18.9 Å². The molecule has 0 aliphatic carbocycles. The molecule has 0 amide bonds. The van der Waals surface area contributed by atoms with Gasteiger partial charge < -0.3 is 28.9 Å². The van der Waals surface area contributed by atoms with Gasteiger partial charge in [0.25, 0.3) is 0 Å². The van der Waals surface area contributed by atoms with E-state index in [1.54, 1.807) is 26.6 Å². The van der Waals surface area contributed by atoms with Gasteiger partial charge in [-0.25, -0.2) is 30.0 Å². The molecule has 0 radical (unpaired) electrons. The van der Waals surface area contributed by atoms with Gasteiger partial charge in [-0.1, -0.05) is 24.3 Å². The molecule has 0 unspecified atom stereocenters. The van der Waals surface area contributed by atoms with Crippen LogP contribution in [0.5, 0.6) is 23.0 Å². The number of hydrogen-bond acceptors (Lipinski definition) is 10. The van der Waals surface area contributed by atoms with Gasteiger partial charge in [0.2, 0.25) is 0 Å². The summed E-state index contributed by atoms with van der Waals surface area (Å²) in [5.74, 6) is 4.65. The lowest BCUT2D eigenvalue weighted by molar-refractivity contribution is -0.0553. The number of ether oxygens (including phenoxy) is 4. The molecule has 0 saturated heterocycles. The van der Waals surface area contributed by atoms with E-state index in [-0.39, 0.29) is 0 Å². The van der Waals surface area contributed by atoms with Gasteiger partial charge in [-0.2, -0.15) is 0 Å². The fourth-order valence-corrected chi connectivity index (χ4v) is 7.17. The molecule has 4 aromatic heterocycles. The van der Waals surface area contributed by atoms with Crippen molar-refractivity contribution in [3.05, 3.63) is 142 Å². The largest absolute Gasteiger partial charge is 0.497 e. The molecular weight excluding hydrogens is 864 g/mol. The van der Waals surface area contributed by atoms with Gasteiger partial charge in [0, 0.05) is 58.6 Å². The summed E-state index contributed by atoms with van der Waals surface area (Å²) in [5, 5.41) is 4.63. The van der Waals surface area contributed by atoms with Gasteiger partial charge >= 0.3 is 0 Å². The molecule has 12 nitrogen and oxygen atoms in total. The first kappa shape index (κ1) is 39.0. The normalized spacial score (nSPS) is 11.5. The zero-order valence-corrected chi connectivity index (χ0v) is 35.0. The van der Waals surface area contributed by atoms with E-state index in [1.807, 2.05) is 84.9 Å². The molecule has 0 atom stereocenters. The van der Waals surface area contributed by atoms with E-state index in [0.29, 0.717) is 39.4 Å². The molecule has 0 bridgehead atoms. The summed E-state index contributed by atoms with van der Waals surface area (Å²) in [6.07, 6.45) is 3.51. The second-order valence-electron chi connectivity index (χ2n) is 13.4. The van der Waals surface area contributed by atoms with Crippen LogP contribution in [0.2, 0.25) is 0 Å². The lowest BCUT2D eigenvalue weighted by Gasteiger charge is -2.35.